The number of nitrogens with two attached hydrogens (primary N) is 1. The van der Waals surface area contributed by atoms with Crippen molar-refractivity contribution in [2.24, 2.45) is 5.73 Å². The number of rotatable bonds is 6. The summed E-state index contributed by atoms with van der Waals surface area (Å²) < 4.78 is 29.5. The van der Waals surface area contributed by atoms with Gasteiger partial charge in [0.25, 0.3) is 0 Å². The lowest BCUT2D eigenvalue weighted by Gasteiger charge is -2.19. The minimum Gasteiger partial charge on any atom is -0.480 e. The summed E-state index contributed by atoms with van der Waals surface area (Å²) in [5.74, 6) is -2.22. The fourth-order valence-corrected chi connectivity index (χ4v) is 3.26. The molecule has 3 N–H and O–H groups in total. The van der Waals surface area contributed by atoms with E-state index in [4.69, 9.17) is 10.8 Å². The number of esters is 1. The van der Waals surface area contributed by atoms with E-state index < -0.39 is 33.3 Å². The molecule has 1 aliphatic heterocycles. The van der Waals surface area contributed by atoms with Crippen LogP contribution in [0.2, 0.25) is 0 Å². The molecule has 110 valence electrons. The lowest BCUT2D eigenvalue weighted by molar-refractivity contribution is -0.143. The number of carboxylic acids is 1. The molecule has 1 saturated heterocycles. The second kappa shape index (κ2) is 5.85. The maximum Gasteiger partial charge on any atom is 0.325 e. The predicted molar refractivity (Wildman–Crippen MR) is 65.8 cm³/mol. The van der Waals surface area contributed by atoms with Gasteiger partial charge in [0.15, 0.2) is 0 Å². The Bertz CT molecular complexity index is 463. The molecule has 0 aromatic carbocycles. The summed E-state index contributed by atoms with van der Waals surface area (Å²) in [6.07, 6.45) is -0.196. The average Bonchev–Trinajstić information content (AvgIpc) is 2.72. The zero-order valence-corrected chi connectivity index (χ0v) is 11.5. The summed E-state index contributed by atoms with van der Waals surface area (Å²) in [5, 5.41) is 8.92. The average molecular weight is 294 g/mol. The van der Waals surface area contributed by atoms with Gasteiger partial charge in [-0.1, -0.05) is 0 Å². The lowest BCUT2D eigenvalue weighted by atomic mass is 10.0. The smallest absolute Gasteiger partial charge is 0.325 e. The maximum atomic E-state index is 11.9. The molecule has 0 aromatic rings. The number of nitrogens with zero attached hydrogens (tertiary/aromatic N) is 1. The van der Waals surface area contributed by atoms with Gasteiger partial charge in [0.1, 0.15) is 5.54 Å². The van der Waals surface area contributed by atoms with Crippen LogP contribution < -0.4 is 5.73 Å². The highest BCUT2D eigenvalue weighted by Gasteiger charge is 2.45. The van der Waals surface area contributed by atoms with Crippen LogP contribution in [-0.4, -0.2) is 60.8 Å². The zero-order valence-electron chi connectivity index (χ0n) is 10.7. The van der Waals surface area contributed by atoms with E-state index in [2.05, 4.69) is 4.74 Å². The van der Waals surface area contributed by atoms with Crippen molar-refractivity contribution in [3.63, 3.8) is 0 Å². The van der Waals surface area contributed by atoms with E-state index in [0.29, 0.717) is 0 Å². The van der Waals surface area contributed by atoms with Gasteiger partial charge in [-0.2, -0.15) is 4.31 Å². The molecule has 0 radical (unpaired) electrons. The summed E-state index contributed by atoms with van der Waals surface area (Å²) in [5.41, 5.74) is 4.05. The van der Waals surface area contributed by atoms with Crippen molar-refractivity contribution in [1.29, 1.82) is 0 Å². The fraction of sp³-hybridized carbons (Fsp3) is 0.800. The highest BCUT2D eigenvalue weighted by Crippen LogP contribution is 2.22. The molecule has 9 heteroatoms. The van der Waals surface area contributed by atoms with Gasteiger partial charge in [0.2, 0.25) is 10.0 Å². The van der Waals surface area contributed by atoms with Crippen molar-refractivity contribution in [3.05, 3.63) is 0 Å². The fourth-order valence-electron chi connectivity index (χ4n) is 1.78. The molecule has 1 heterocycles. The minimum atomic E-state index is -3.69. The Labute approximate surface area is 111 Å². The molecular weight excluding hydrogens is 276 g/mol. The second-order valence-corrected chi connectivity index (χ2v) is 6.50. The van der Waals surface area contributed by atoms with Gasteiger partial charge in [0.05, 0.1) is 18.8 Å². The first-order valence-corrected chi connectivity index (χ1v) is 7.48. The van der Waals surface area contributed by atoms with Crippen molar-refractivity contribution in [2.45, 2.75) is 25.3 Å². The Morgan fingerprint density at radius 3 is 2.58 bits per heavy atom. The third-order valence-electron chi connectivity index (χ3n) is 2.95. The molecule has 0 aliphatic carbocycles. The van der Waals surface area contributed by atoms with E-state index in [-0.39, 0.29) is 32.5 Å². The molecule has 1 unspecified atom stereocenters. The topological polar surface area (TPSA) is 127 Å². The van der Waals surface area contributed by atoms with Crippen LogP contribution in [0.5, 0.6) is 0 Å². The van der Waals surface area contributed by atoms with Crippen LogP contribution in [0, 0.1) is 0 Å². The maximum absolute atomic E-state index is 11.9. The summed E-state index contributed by atoms with van der Waals surface area (Å²) in [6.45, 7) is 1.59. The van der Waals surface area contributed by atoms with Crippen molar-refractivity contribution in [1.82, 2.24) is 4.31 Å². The summed E-state index contributed by atoms with van der Waals surface area (Å²) >= 11 is 0. The zero-order chi connectivity index (χ0) is 14.7. The molecule has 1 aliphatic rings. The first kappa shape index (κ1) is 15.9. The Hall–Kier alpha value is -1.19. The first-order chi connectivity index (χ1) is 8.71. The van der Waals surface area contributed by atoms with Crippen molar-refractivity contribution < 1.29 is 27.9 Å². The number of carbonyl (C=O) groups is 2. The van der Waals surface area contributed by atoms with Gasteiger partial charge in [-0.3, -0.25) is 9.59 Å². The van der Waals surface area contributed by atoms with Crippen molar-refractivity contribution >= 4 is 22.0 Å². The Balaban J connectivity index is 2.61. The van der Waals surface area contributed by atoms with Crippen LogP contribution >= 0.6 is 0 Å². The lowest BCUT2D eigenvalue weighted by Crippen LogP contribution is -2.50. The largest absolute Gasteiger partial charge is 0.480 e. The van der Waals surface area contributed by atoms with Gasteiger partial charge in [-0.25, -0.2) is 8.42 Å². The normalized spacial score (nSPS) is 24.3. The van der Waals surface area contributed by atoms with Gasteiger partial charge in [-0.15, -0.1) is 0 Å². The van der Waals surface area contributed by atoms with Gasteiger partial charge < -0.3 is 15.6 Å². The van der Waals surface area contributed by atoms with E-state index in [1.54, 1.807) is 6.92 Å². The van der Waals surface area contributed by atoms with E-state index in [9.17, 15) is 18.0 Å². The predicted octanol–water partition coefficient (Wildman–Crippen LogP) is -1.24. The monoisotopic (exact) mass is 294 g/mol. The third kappa shape index (κ3) is 3.88. The first-order valence-electron chi connectivity index (χ1n) is 5.87. The van der Waals surface area contributed by atoms with Crippen LogP contribution in [0.25, 0.3) is 0 Å². The number of hydrogen-bond donors (Lipinski definition) is 2. The number of carboxylic acid groups (broad SMARTS) is 1. The SMILES string of the molecule is CCOC(=O)CCS(=O)(=O)N1CCC(N)(C(=O)O)C1. The molecule has 0 bridgehead atoms. The molecule has 0 amide bonds. The van der Waals surface area contributed by atoms with Crippen LogP contribution in [0.15, 0.2) is 0 Å². The number of carbonyl (C=O) groups excluding carboxylic acids is 1. The number of hydrogen-bond acceptors (Lipinski definition) is 6. The van der Waals surface area contributed by atoms with Crippen LogP contribution in [0.4, 0.5) is 0 Å². The Morgan fingerprint density at radius 2 is 2.11 bits per heavy atom. The Morgan fingerprint density at radius 1 is 1.47 bits per heavy atom. The molecule has 19 heavy (non-hydrogen) atoms. The van der Waals surface area contributed by atoms with E-state index in [1.807, 2.05) is 0 Å². The number of aliphatic carboxylic acids is 1. The second-order valence-electron chi connectivity index (χ2n) is 4.42. The number of sulfonamides is 1. The molecule has 8 nitrogen and oxygen atoms in total. The van der Waals surface area contributed by atoms with Gasteiger partial charge >= 0.3 is 11.9 Å². The van der Waals surface area contributed by atoms with Gasteiger partial charge in [-0.05, 0) is 13.3 Å². The summed E-state index contributed by atoms with van der Waals surface area (Å²) in [7, 11) is -3.69. The highest BCUT2D eigenvalue weighted by molar-refractivity contribution is 7.89. The van der Waals surface area contributed by atoms with Crippen LogP contribution in [0.1, 0.15) is 19.8 Å². The highest BCUT2D eigenvalue weighted by atomic mass is 32.2. The molecule has 1 rings (SSSR count). The Kier molecular flexibility index (Phi) is 4.88. The summed E-state index contributed by atoms with van der Waals surface area (Å²) in [4.78, 5) is 22.0. The van der Waals surface area contributed by atoms with Crippen LogP contribution in [0.3, 0.4) is 0 Å². The molecule has 0 aromatic heterocycles. The van der Waals surface area contributed by atoms with E-state index in [0.717, 1.165) is 4.31 Å². The van der Waals surface area contributed by atoms with Gasteiger partial charge in [0, 0.05) is 13.1 Å². The van der Waals surface area contributed by atoms with Crippen LogP contribution in [-0.2, 0) is 24.3 Å². The molecule has 1 atom stereocenters. The molecular formula is C10H18N2O6S. The number of ether oxygens (including phenoxy) is 1. The van der Waals surface area contributed by atoms with Crippen molar-refractivity contribution in [2.75, 3.05) is 25.4 Å². The molecule has 0 spiro atoms. The van der Waals surface area contributed by atoms with Crippen molar-refractivity contribution in [3.8, 4) is 0 Å². The quantitative estimate of drug-likeness (QED) is 0.586. The third-order valence-corrected chi connectivity index (χ3v) is 4.77. The van der Waals surface area contributed by atoms with E-state index in [1.165, 1.54) is 0 Å². The molecule has 0 saturated carbocycles. The standard InChI is InChI=1S/C10H18N2O6S/c1-2-18-8(13)3-6-19(16,17)12-5-4-10(11,7-12)9(14)15/h2-7,11H2,1H3,(H,14,15). The summed E-state index contributed by atoms with van der Waals surface area (Å²) in [6, 6.07) is 0. The molecule has 1 fully saturated rings. The van der Waals surface area contributed by atoms with E-state index >= 15 is 0 Å². The minimum absolute atomic E-state index is 0.0496.